The van der Waals surface area contributed by atoms with Crippen LogP contribution in [0, 0.1) is 21.7 Å². The molecule has 0 aromatic carbocycles. The molecule has 4 nitrogen and oxygen atoms in total. The van der Waals surface area contributed by atoms with E-state index in [0.717, 1.165) is 92.9 Å². The molecule has 4 rings (SSSR count). The molecule has 0 N–H and O–H groups in total. The van der Waals surface area contributed by atoms with Gasteiger partial charge in [0, 0.05) is 22.7 Å². The third kappa shape index (κ3) is 15.7. The van der Waals surface area contributed by atoms with Gasteiger partial charge in [0.05, 0.1) is 0 Å². The second kappa shape index (κ2) is 17.5. The van der Waals surface area contributed by atoms with Gasteiger partial charge < -0.3 is 0 Å². The van der Waals surface area contributed by atoms with Crippen LogP contribution >= 0.6 is 0 Å². The van der Waals surface area contributed by atoms with Crippen LogP contribution in [0.5, 0.6) is 0 Å². The fourth-order valence-corrected chi connectivity index (χ4v) is 5.05. The van der Waals surface area contributed by atoms with Crippen LogP contribution < -0.4 is 0 Å². The molecule has 0 saturated carbocycles. The van der Waals surface area contributed by atoms with Crippen molar-refractivity contribution in [3.8, 4) is 0 Å². The van der Waals surface area contributed by atoms with E-state index in [1.165, 1.54) is 12.8 Å². The molecular weight excluding hydrogens is 556 g/mol. The van der Waals surface area contributed by atoms with E-state index in [0.29, 0.717) is 28.5 Å². The summed E-state index contributed by atoms with van der Waals surface area (Å²) in [5, 5.41) is 0. The van der Waals surface area contributed by atoms with Gasteiger partial charge in [-0.15, -0.1) is 0 Å². The molecule has 0 spiro atoms. The van der Waals surface area contributed by atoms with E-state index in [9.17, 15) is 19.2 Å². The molecule has 0 fully saturated rings. The first kappa shape index (κ1) is 40.7. The number of Topliss-reactive ketones (excluding diaryl/α,β-unsaturated/α-hetero) is 4. The fraction of sp³-hybridized carbons (Fsp3) is 0.707. The molecular formula is C41H66O4. The third-order valence-electron chi connectivity index (χ3n) is 8.32. The zero-order valence-corrected chi connectivity index (χ0v) is 31.1. The molecule has 0 aromatic heterocycles. The Morgan fingerprint density at radius 2 is 0.822 bits per heavy atom. The molecule has 0 bridgehead atoms. The molecule has 0 atom stereocenters. The Balaban J connectivity index is 0.000000301. The Morgan fingerprint density at radius 3 is 1.04 bits per heavy atom. The minimum absolute atomic E-state index is 0.174. The molecule has 0 amide bonds. The highest BCUT2D eigenvalue weighted by atomic mass is 16.1. The van der Waals surface area contributed by atoms with Gasteiger partial charge in [0.25, 0.3) is 0 Å². The third-order valence-corrected chi connectivity index (χ3v) is 8.32. The lowest BCUT2D eigenvalue weighted by Gasteiger charge is -2.22. The number of hydrogen-bond donors (Lipinski definition) is 0. The van der Waals surface area contributed by atoms with Crippen molar-refractivity contribution in [1.29, 1.82) is 0 Å². The second-order valence-corrected chi connectivity index (χ2v) is 17.4. The largest absolute Gasteiger partial charge is 0.295 e. The number of rotatable bonds is 6. The van der Waals surface area contributed by atoms with E-state index in [-0.39, 0.29) is 16.2 Å². The van der Waals surface area contributed by atoms with Gasteiger partial charge in [-0.05, 0) is 105 Å². The van der Waals surface area contributed by atoms with Crippen LogP contribution in [0.15, 0.2) is 46.6 Å². The van der Waals surface area contributed by atoms with Gasteiger partial charge in [0.1, 0.15) is 0 Å². The monoisotopic (exact) mass is 622 g/mol. The highest BCUT2D eigenvalue weighted by Gasteiger charge is 2.27. The van der Waals surface area contributed by atoms with Crippen molar-refractivity contribution in [2.45, 2.75) is 167 Å². The molecule has 0 aliphatic heterocycles. The molecule has 0 heterocycles. The van der Waals surface area contributed by atoms with Crippen LogP contribution in [0.25, 0.3) is 0 Å². The van der Waals surface area contributed by atoms with E-state index >= 15 is 0 Å². The minimum atomic E-state index is -0.191. The molecule has 4 heteroatoms. The van der Waals surface area contributed by atoms with Crippen molar-refractivity contribution < 1.29 is 19.2 Å². The van der Waals surface area contributed by atoms with Gasteiger partial charge in [-0.1, -0.05) is 107 Å². The lowest BCUT2D eigenvalue weighted by atomic mass is 9.81. The highest BCUT2D eigenvalue weighted by Crippen LogP contribution is 2.29. The summed E-state index contributed by atoms with van der Waals surface area (Å²) < 4.78 is 0. The average molecular weight is 623 g/mol. The van der Waals surface area contributed by atoms with E-state index in [1.54, 1.807) is 0 Å². The molecule has 4 aliphatic rings. The smallest absolute Gasteiger partial charge is 0.163 e. The fourth-order valence-electron chi connectivity index (χ4n) is 5.05. The maximum Gasteiger partial charge on any atom is 0.163 e. The van der Waals surface area contributed by atoms with E-state index in [4.69, 9.17) is 0 Å². The summed E-state index contributed by atoms with van der Waals surface area (Å²) in [4.78, 5) is 46.1. The van der Waals surface area contributed by atoms with Crippen LogP contribution in [0.1, 0.15) is 167 Å². The lowest BCUT2D eigenvalue weighted by molar-refractivity contribution is -0.123. The van der Waals surface area contributed by atoms with Gasteiger partial charge in [0.2, 0.25) is 0 Å². The molecule has 0 radical (unpaired) electrons. The van der Waals surface area contributed by atoms with Gasteiger partial charge in [-0.25, -0.2) is 0 Å². The van der Waals surface area contributed by atoms with Crippen LogP contribution in [-0.4, -0.2) is 23.1 Å². The summed E-state index contributed by atoms with van der Waals surface area (Å²) in [5.74, 6) is 1.35. The predicted octanol–water partition coefficient (Wildman–Crippen LogP) is 11.2. The zero-order chi connectivity index (χ0) is 34.6. The molecule has 0 saturated heterocycles. The van der Waals surface area contributed by atoms with Crippen molar-refractivity contribution in [2.24, 2.45) is 21.7 Å². The number of carbonyl (C=O) groups excluding carboxylic acids is 4. The maximum absolute atomic E-state index is 11.8. The first-order chi connectivity index (χ1) is 20.5. The predicted molar refractivity (Wildman–Crippen MR) is 190 cm³/mol. The summed E-state index contributed by atoms with van der Waals surface area (Å²) in [7, 11) is 0. The van der Waals surface area contributed by atoms with Crippen molar-refractivity contribution in [3.05, 3.63) is 46.6 Å². The standard InChI is InChI=1S/2C11H18O.C10H16O.C9H14O/c1-11(2,3)8-7-10(12)9-5-4-6-9;1-11(2,3)10(12)9-7-5-4-6-8-9;1-10(2,3)9(11)8-6-4-5-7-8;1-9(2,3)8(10)7-5-4-6-7/h5H,4,6-8H2,1-3H3;7H,4-6,8H2,1-3H3;6H,4-5,7H2,1-3H3;5H,4,6H2,1-3H3. The van der Waals surface area contributed by atoms with Gasteiger partial charge in [-0.2, -0.15) is 0 Å². The summed E-state index contributed by atoms with van der Waals surface area (Å²) in [6.07, 6.45) is 22.0. The highest BCUT2D eigenvalue weighted by molar-refractivity contribution is 6.00. The minimum Gasteiger partial charge on any atom is -0.295 e. The molecule has 4 aliphatic carbocycles. The first-order valence-electron chi connectivity index (χ1n) is 17.5. The van der Waals surface area contributed by atoms with Crippen molar-refractivity contribution in [3.63, 3.8) is 0 Å². The van der Waals surface area contributed by atoms with Gasteiger partial charge in [0.15, 0.2) is 23.1 Å². The number of hydrogen-bond acceptors (Lipinski definition) is 4. The number of ketones is 4. The van der Waals surface area contributed by atoms with Crippen molar-refractivity contribution in [1.82, 2.24) is 0 Å². The average Bonchev–Trinajstić information content (AvgIpc) is 3.39. The number of carbonyl (C=O) groups is 4. The quantitative estimate of drug-likeness (QED) is 0.295. The van der Waals surface area contributed by atoms with E-state index in [2.05, 4.69) is 39.0 Å². The molecule has 45 heavy (non-hydrogen) atoms. The Morgan fingerprint density at radius 1 is 0.467 bits per heavy atom. The van der Waals surface area contributed by atoms with Crippen molar-refractivity contribution in [2.75, 3.05) is 0 Å². The normalized spacial score (nSPS) is 17.9. The van der Waals surface area contributed by atoms with E-state index < -0.39 is 0 Å². The van der Waals surface area contributed by atoms with Crippen molar-refractivity contribution >= 4 is 23.1 Å². The SMILES string of the molecule is CC(C)(C)C(=O)C1=CCC1.CC(C)(C)C(=O)C1=CCCC1.CC(C)(C)C(=O)C1=CCCCC1.CC(C)(C)CCC(=O)C1=CCC1. The van der Waals surface area contributed by atoms with Gasteiger partial charge in [-0.3, -0.25) is 19.2 Å². The first-order valence-corrected chi connectivity index (χ1v) is 17.5. The summed E-state index contributed by atoms with van der Waals surface area (Å²) >= 11 is 0. The molecule has 254 valence electrons. The Bertz CT molecular complexity index is 1160. The summed E-state index contributed by atoms with van der Waals surface area (Å²) in [6, 6.07) is 0. The van der Waals surface area contributed by atoms with Crippen LogP contribution in [0.3, 0.4) is 0 Å². The van der Waals surface area contributed by atoms with E-state index in [1.807, 2.05) is 68.4 Å². The number of allylic oxidation sites excluding steroid dienone is 8. The van der Waals surface area contributed by atoms with Crippen LogP contribution in [0.4, 0.5) is 0 Å². The molecule has 0 unspecified atom stereocenters. The second-order valence-electron chi connectivity index (χ2n) is 17.4. The Hall–Kier alpha value is -2.36. The Labute approximate surface area is 276 Å². The van der Waals surface area contributed by atoms with Gasteiger partial charge >= 0.3 is 0 Å². The van der Waals surface area contributed by atoms with Crippen LogP contribution in [0.2, 0.25) is 0 Å². The Kier molecular flexibility index (Phi) is 15.8. The summed E-state index contributed by atoms with van der Waals surface area (Å²) in [5.41, 5.74) is 3.96. The zero-order valence-electron chi connectivity index (χ0n) is 31.1. The maximum atomic E-state index is 11.8. The lowest BCUT2D eigenvalue weighted by Crippen LogP contribution is -2.24. The molecule has 0 aromatic rings. The topological polar surface area (TPSA) is 68.3 Å². The summed E-state index contributed by atoms with van der Waals surface area (Å²) in [6.45, 7) is 24.3. The van der Waals surface area contributed by atoms with Crippen LogP contribution in [-0.2, 0) is 19.2 Å².